The third-order valence-corrected chi connectivity index (χ3v) is 7.00. The lowest BCUT2D eigenvalue weighted by molar-refractivity contribution is -0.128. The van der Waals surface area contributed by atoms with Crippen molar-refractivity contribution in [2.24, 2.45) is 0 Å². The molecule has 8 heteroatoms. The second-order valence-electron chi connectivity index (χ2n) is 8.03. The number of nitrogens with zero attached hydrogens (tertiary/aromatic N) is 3. The normalized spacial score (nSPS) is 15.8. The topological polar surface area (TPSA) is 58.4 Å². The van der Waals surface area contributed by atoms with E-state index in [4.69, 9.17) is 5.10 Å². The number of aromatic hydroxyl groups is 1. The lowest BCUT2D eigenvalue weighted by atomic mass is 10.1. The van der Waals surface area contributed by atoms with E-state index in [2.05, 4.69) is 0 Å². The molecule has 0 radical (unpaired) electrons. The minimum absolute atomic E-state index is 0.0355. The van der Waals surface area contributed by atoms with Crippen molar-refractivity contribution in [2.75, 3.05) is 12.3 Å². The summed E-state index contributed by atoms with van der Waals surface area (Å²) in [7, 11) is 0. The Morgan fingerprint density at radius 3 is 2.26 bits per heavy atom. The fourth-order valence-corrected chi connectivity index (χ4v) is 5.21. The molecule has 1 fully saturated rings. The number of carbonyl (C=O) groups is 1. The molecule has 4 aromatic rings. The summed E-state index contributed by atoms with van der Waals surface area (Å²) in [4.78, 5) is 14.6. The monoisotopic (exact) mass is 477 g/mol. The molecular formula is C26H21F2N3O2S. The fraction of sp³-hybridized carbons (Fsp3) is 0.154. The van der Waals surface area contributed by atoms with Gasteiger partial charge in [-0.05, 0) is 72.6 Å². The first kappa shape index (κ1) is 22.2. The Morgan fingerprint density at radius 2 is 1.59 bits per heavy atom. The van der Waals surface area contributed by atoms with Crippen molar-refractivity contribution < 1.29 is 18.7 Å². The zero-order valence-corrected chi connectivity index (χ0v) is 18.9. The Labute approximate surface area is 199 Å². The summed E-state index contributed by atoms with van der Waals surface area (Å²) in [5.41, 5.74) is 3.90. The number of amides is 1. The molecule has 172 valence electrons. The van der Waals surface area contributed by atoms with Crippen LogP contribution in [0.5, 0.6) is 5.75 Å². The Kier molecular flexibility index (Phi) is 6.06. The third kappa shape index (κ3) is 4.54. The number of rotatable bonds is 6. The van der Waals surface area contributed by atoms with Gasteiger partial charge in [0.15, 0.2) is 0 Å². The van der Waals surface area contributed by atoms with Gasteiger partial charge >= 0.3 is 0 Å². The number of hydrogen-bond acceptors (Lipinski definition) is 4. The van der Waals surface area contributed by atoms with Crippen molar-refractivity contribution in [3.8, 4) is 22.7 Å². The van der Waals surface area contributed by atoms with Crippen molar-refractivity contribution >= 4 is 17.7 Å². The lowest BCUT2D eigenvalue weighted by Gasteiger charge is -2.24. The van der Waals surface area contributed by atoms with Crippen LogP contribution in [-0.4, -0.2) is 38.0 Å². The van der Waals surface area contributed by atoms with Crippen LogP contribution < -0.4 is 0 Å². The molecule has 0 saturated carbocycles. The van der Waals surface area contributed by atoms with Gasteiger partial charge in [-0.1, -0.05) is 12.1 Å². The number of benzene rings is 3. The van der Waals surface area contributed by atoms with Crippen molar-refractivity contribution in [2.45, 2.75) is 11.8 Å². The summed E-state index contributed by atoms with van der Waals surface area (Å²) in [6.45, 7) is 0.506. The highest BCUT2D eigenvalue weighted by molar-refractivity contribution is 8.00. The molecule has 0 bridgehead atoms. The van der Waals surface area contributed by atoms with Crippen LogP contribution in [0, 0.1) is 11.6 Å². The molecule has 2 heterocycles. The zero-order chi connectivity index (χ0) is 23.7. The number of aromatic nitrogens is 2. The van der Waals surface area contributed by atoms with Gasteiger partial charge in [-0.3, -0.25) is 4.79 Å². The molecule has 1 aliphatic rings. The molecule has 5 nitrogen and oxygen atoms in total. The van der Waals surface area contributed by atoms with Crippen LogP contribution in [0.2, 0.25) is 0 Å². The highest BCUT2D eigenvalue weighted by Crippen LogP contribution is 2.42. The van der Waals surface area contributed by atoms with E-state index in [0.29, 0.717) is 30.1 Å². The minimum Gasteiger partial charge on any atom is -0.508 e. The molecule has 1 aromatic heterocycles. The second-order valence-corrected chi connectivity index (χ2v) is 9.10. The van der Waals surface area contributed by atoms with Gasteiger partial charge in [0.05, 0.1) is 17.1 Å². The van der Waals surface area contributed by atoms with E-state index < -0.39 is 0 Å². The molecule has 0 spiro atoms. The van der Waals surface area contributed by atoms with Crippen LogP contribution in [0.15, 0.2) is 79.0 Å². The van der Waals surface area contributed by atoms with E-state index >= 15 is 0 Å². The number of halogens is 2. The van der Waals surface area contributed by atoms with Gasteiger partial charge < -0.3 is 10.0 Å². The maximum atomic E-state index is 13.6. The Balaban J connectivity index is 1.50. The average Bonchev–Trinajstić information content (AvgIpc) is 3.43. The Morgan fingerprint density at radius 1 is 0.941 bits per heavy atom. The Bertz CT molecular complexity index is 1310. The molecule has 1 saturated heterocycles. The van der Waals surface area contributed by atoms with Crippen molar-refractivity contribution in [3.05, 3.63) is 102 Å². The second kappa shape index (κ2) is 9.30. The number of carbonyl (C=O) groups excluding carboxylic acids is 1. The molecule has 1 unspecified atom stereocenters. The van der Waals surface area contributed by atoms with Gasteiger partial charge in [0.25, 0.3) is 0 Å². The molecule has 1 atom stereocenters. The summed E-state index contributed by atoms with van der Waals surface area (Å²) >= 11 is 1.52. The van der Waals surface area contributed by atoms with E-state index in [1.54, 1.807) is 41.1 Å². The molecule has 1 amide bonds. The third-order valence-electron chi connectivity index (χ3n) is 5.76. The molecule has 34 heavy (non-hydrogen) atoms. The molecular weight excluding hydrogens is 456 g/mol. The molecule has 1 N–H and O–H groups in total. The summed E-state index contributed by atoms with van der Waals surface area (Å²) < 4.78 is 28.7. The van der Waals surface area contributed by atoms with Crippen LogP contribution in [0.1, 0.15) is 16.5 Å². The molecule has 5 rings (SSSR count). The highest BCUT2D eigenvalue weighted by Gasteiger charge is 2.35. The van der Waals surface area contributed by atoms with Gasteiger partial charge in [-0.2, -0.15) is 5.10 Å². The van der Waals surface area contributed by atoms with E-state index in [1.165, 1.54) is 36.0 Å². The van der Waals surface area contributed by atoms with Crippen LogP contribution in [0.25, 0.3) is 16.9 Å². The van der Waals surface area contributed by atoms with Gasteiger partial charge in [0.1, 0.15) is 22.8 Å². The average molecular weight is 478 g/mol. The van der Waals surface area contributed by atoms with Crippen LogP contribution in [0.3, 0.4) is 0 Å². The molecule has 3 aromatic carbocycles. The van der Waals surface area contributed by atoms with Gasteiger partial charge in [-0.25, -0.2) is 13.5 Å². The van der Waals surface area contributed by atoms with E-state index in [-0.39, 0.29) is 28.7 Å². The van der Waals surface area contributed by atoms with Crippen molar-refractivity contribution in [3.63, 3.8) is 0 Å². The summed E-state index contributed by atoms with van der Waals surface area (Å²) in [5, 5.41) is 14.0. The number of phenolic OH excluding ortho intramolecular Hbond substituents is 1. The molecule has 1 aliphatic heterocycles. The van der Waals surface area contributed by atoms with Crippen LogP contribution >= 0.6 is 11.8 Å². The first-order valence-corrected chi connectivity index (χ1v) is 11.8. The SMILES string of the molecule is O=C1CSC(c2cn(-c3ccc(F)cc3)nc2-c2ccc(F)cc2)N1CCc1ccc(O)cc1. The fourth-order valence-electron chi connectivity index (χ4n) is 3.99. The number of thioether (sulfide) groups is 1. The molecule has 0 aliphatic carbocycles. The van der Waals surface area contributed by atoms with Crippen molar-refractivity contribution in [1.29, 1.82) is 0 Å². The smallest absolute Gasteiger partial charge is 0.233 e. The lowest BCUT2D eigenvalue weighted by Crippen LogP contribution is -2.30. The first-order chi connectivity index (χ1) is 16.5. The number of phenols is 1. The summed E-state index contributed by atoms with van der Waals surface area (Å²) in [6, 6.07) is 19.0. The van der Waals surface area contributed by atoms with Crippen molar-refractivity contribution in [1.82, 2.24) is 14.7 Å². The van der Waals surface area contributed by atoms with Gasteiger partial charge in [-0.15, -0.1) is 11.8 Å². The highest BCUT2D eigenvalue weighted by atomic mass is 32.2. The largest absolute Gasteiger partial charge is 0.508 e. The number of hydrogen-bond donors (Lipinski definition) is 1. The standard InChI is InChI=1S/C26H21F2N3O2S/c27-19-5-3-18(4-6-19)25-23(15-31(29-25)21-9-7-20(28)8-10-21)26-30(24(33)16-34-26)14-13-17-1-11-22(32)12-2-17/h1-12,15,26,32H,13-14,16H2. The maximum Gasteiger partial charge on any atom is 0.233 e. The van der Waals surface area contributed by atoms with E-state index in [9.17, 15) is 18.7 Å². The minimum atomic E-state index is -0.343. The Hall–Kier alpha value is -3.65. The maximum absolute atomic E-state index is 13.6. The quantitative estimate of drug-likeness (QED) is 0.407. The first-order valence-electron chi connectivity index (χ1n) is 10.8. The van der Waals surface area contributed by atoms with Crippen LogP contribution in [-0.2, 0) is 11.2 Å². The van der Waals surface area contributed by atoms with Crippen LogP contribution in [0.4, 0.5) is 8.78 Å². The van der Waals surface area contributed by atoms with E-state index in [0.717, 1.165) is 16.7 Å². The predicted octanol–water partition coefficient (Wildman–Crippen LogP) is 5.34. The summed E-state index contributed by atoms with van der Waals surface area (Å²) in [5.74, 6) is -0.0958. The summed E-state index contributed by atoms with van der Waals surface area (Å²) in [6.07, 6.45) is 2.50. The van der Waals surface area contributed by atoms with Gasteiger partial charge in [0, 0.05) is 23.9 Å². The zero-order valence-electron chi connectivity index (χ0n) is 18.1. The van der Waals surface area contributed by atoms with Gasteiger partial charge in [0.2, 0.25) is 5.91 Å². The predicted molar refractivity (Wildman–Crippen MR) is 128 cm³/mol. The van der Waals surface area contributed by atoms with E-state index in [1.807, 2.05) is 23.2 Å².